The molecule has 0 aromatic rings. The molecule has 3 nitrogen and oxygen atoms in total. The number of allylic oxidation sites excluding steroid dienone is 1. The fourth-order valence-corrected chi connectivity index (χ4v) is 2.44. The van der Waals surface area contributed by atoms with Crippen molar-refractivity contribution >= 4 is 0 Å². The Kier molecular flexibility index (Phi) is 8.32. The van der Waals surface area contributed by atoms with Crippen molar-refractivity contribution in [2.45, 2.75) is 69.9 Å². The summed E-state index contributed by atoms with van der Waals surface area (Å²) in [6.07, 6.45) is 13.3. The number of hydrogen-bond acceptors (Lipinski definition) is 3. The minimum atomic E-state index is 0.418. The number of hydrogen-bond donors (Lipinski definition) is 2. The average molecular weight is 240 g/mol. The van der Waals surface area contributed by atoms with Crippen molar-refractivity contribution < 1.29 is 4.74 Å². The molecule has 0 bridgehead atoms. The molecule has 1 rings (SSSR count). The fourth-order valence-electron chi connectivity index (χ4n) is 2.44. The number of rotatable bonds is 9. The highest BCUT2D eigenvalue weighted by Gasteiger charge is 2.18. The zero-order chi connectivity index (χ0) is 12.3. The Morgan fingerprint density at radius 2 is 2.24 bits per heavy atom. The lowest BCUT2D eigenvalue weighted by atomic mass is 9.98. The van der Waals surface area contributed by atoms with Crippen LogP contribution in [0.4, 0.5) is 0 Å². The molecule has 1 aliphatic heterocycles. The minimum absolute atomic E-state index is 0.418. The van der Waals surface area contributed by atoms with Gasteiger partial charge in [0, 0.05) is 12.6 Å². The van der Waals surface area contributed by atoms with Crippen molar-refractivity contribution in [3.05, 3.63) is 12.7 Å². The van der Waals surface area contributed by atoms with Gasteiger partial charge in [-0.25, -0.2) is 0 Å². The van der Waals surface area contributed by atoms with E-state index in [2.05, 4.69) is 12.0 Å². The van der Waals surface area contributed by atoms with Crippen LogP contribution >= 0.6 is 0 Å². The number of hydrazine groups is 1. The summed E-state index contributed by atoms with van der Waals surface area (Å²) >= 11 is 0. The highest BCUT2D eigenvalue weighted by Crippen LogP contribution is 2.19. The summed E-state index contributed by atoms with van der Waals surface area (Å²) in [6, 6.07) is 0.418. The molecular formula is C14H28N2O. The second kappa shape index (κ2) is 9.63. The van der Waals surface area contributed by atoms with Gasteiger partial charge in [0.1, 0.15) is 0 Å². The third kappa shape index (κ3) is 6.81. The summed E-state index contributed by atoms with van der Waals surface area (Å²) in [7, 11) is 0. The zero-order valence-corrected chi connectivity index (χ0v) is 11.0. The third-order valence-electron chi connectivity index (χ3n) is 3.52. The van der Waals surface area contributed by atoms with Gasteiger partial charge in [-0.3, -0.25) is 11.3 Å². The van der Waals surface area contributed by atoms with Crippen LogP contribution in [0, 0.1) is 0 Å². The van der Waals surface area contributed by atoms with E-state index in [1.165, 1.54) is 38.5 Å². The molecule has 3 heteroatoms. The van der Waals surface area contributed by atoms with Crippen LogP contribution in [0.1, 0.15) is 57.8 Å². The highest BCUT2D eigenvalue weighted by molar-refractivity contribution is 4.73. The van der Waals surface area contributed by atoms with Crippen LogP contribution in [0.2, 0.25) is 0 Å². The molecule has 0 spiro atoms. The van der Waals surface area contributed by atoms with E-state index in [4.69, 9.17) is 10.6 Å². The number of nitrogens with two attached hydrogens (primary N) is 1. The Balaban J connectivity index is 2.07. The maximum atomic E-state index is 5.75. The lowest BCUT2D eigenvalue weighted by molar-refractivity contribution is 0.00455. The van der Waals surface area contributed by atoms with E-state index in [1.54, 1.807) is 0 Å². The zero-order valence-electron chi connectivity index (χ0n) is 11.0. The Morgan fingerprint density at radius 1 is 1.35 bits per heavy atom. The topological polar surface area (TPSA) is 47.3 Å². The number of nitrogens with one attached hydrogen (secondary N) is 1. The van der Waals surface area contributed by atoms with E-state index >= 15 is 0 Å². The Hall–Kier alpha value is -0.380. The van der Waals surface area contributed by atoms with Crippen LogP contribution < -0.4 is 11.3 Å². The van der Waals surface area contributed by atoms with Crippen molar-refractivity contribution in [1.29, 1.82) is 0 Å². The maximum absolute atomic E-state index is 5.75. The van der Waals surface area contributed by atoms with E-state index in [-0.39, 0.29) is 0 Å². The normalized spacial score (nSPS) is 22.3. The Morgan fingerprint density at radius 3 is 2.88 bits per heavy atom. The van der Waals surface area contributed by atoms with Crippen molar-refractivity contribution in [2.75, 3.05) is 6.61 Å². The maximum Gasteiger partial charge on any atom is 0.0590 e. The van der Waals surface area contributed by atoms with Gasteiger partial charge in [-0.1, -0.05) is 18.9 Å². The van der Waals surface area contributed by atoms with Gasteiger partial charge in [-0.05, 0) is 44.9 Å². The largest absolute Gasteiger partial charge is 0.378 e. The molecule has 0 radical (unpaired) electrons. The monoisotopic (exact) mass is 240 g/mol. The Bertz CT molecular complexity index is 191. The number of ether oxygens (including phenoxy) is 1. The van der Waals surface area contributed by atoms with Crippen molar-refractivity contribution in [3.8, 4) is 0 Å². The van der Waals surface area contributed by atoms with E-state index in [1.807, 2.05) is 6.08 Å². The summed E-state index contributed by atoms with van der Waals surface area (Å²) in [5, 5.41) is 0. The van der Waals surface area contributed by atoms with Crippen LogP contribution in [0.15, 0.2) is 12.7 Å². The molecule has 0 saturated carbocycles. The molecule has 0 aromatic heterocycles. The molecule has 3 N–H and O–H groups in total. The first-order valence-electron chi connectivity index (χ1n) is 7.05. The Labute approximate surface area is 106 Å². The molecule has 0 aromatic carbocycles. The lowest BCUT2D eigenvalue weighted by Crippen LogP contribution is -2.39. The van der Waals surface area contributed by atoms with E-state index < -0.39 is 0 Å². The molecule has 1 fully saturated rings. The summed E-state index contributed by atoms with van der Waals surface area (Å²) in [6.45, 7) is 4.67. The van der Waals surface area contributed by atoms with Gasteiger partial charge in [-0.2, -0.15) is 0 Å². The first-order valence-corrected chi connectivity index (χ1v) is 7.05. The number of unbranched alkanes of at least 4 members (excludes halogenated alkanes) is 3. The van der Waals surface area contributed by atoms with Crippen molar-refractivity contribution in [3.63, 3.8) is 0 Å². The predicted octanol–water partition coefficient (Wildman–Crippen LogP) is 2.91. The first-order chi connectivity index (χ1) is 8.36. The summed E-state index contributed by atoms with van der Waals surface area (Å²) < 4.78 is 5.75. The van der Waals surface area contributed by atoms with Gasteiger partial charge in [0.05, 0.1) is 6.10 Å². The third-order valence-corrected chi connectivity index (χ3v) is 3.52. The van der Waals surface area contributed by atoms with E-state index in [0.29, 0.717) is 12.1 Å². The molecule has 2 unspecified atom stereocenters. The van der Waals surface area contributed by atoms with Gasteiger partial charge >= 0.3 is 0 Å². The fraction of sp³-hybridized carbons (Fsp3) is 0.857. The molecule has 1 saturated heterocycles. The highest BCUT2D eigenvalue weighted by atomic mass is 16.5. The van der Waals surface area contributed by atoms with Crippen molar-refractivity contribution in [2.24, 2.45) is 5.84 Å². The van der Waals surface area contributed by atoms with Crippen LogP contribution in [-0.2, 0) is 4.74 Å². The predicted molar refractivity (Wildman–Crippen MR) is 72.6 cm³/mol. The van der Waals surface area contributed by atoms with Gasteiger partial charge in [0.25, 0.3) is 0 Å². The second-order valence-electron chi connectivity index (χ2n) is 5.01. The first kappa shape index (κ1) is 14.7. The summed E-state index contributed by atoms with van der Waals surface area (Å²) in [4.78, 5) is 0. The second-order valence-corrected chi connectivity index (χ2v) is 5.01. The molecule has 0 aliphatic carbocycles. The van der Waals surface area contributed by atoms with Crippen LogP contribution in [-0.4, -0.2) is 18.8 Å². The standard InChI is InChI=1S/C14H28N2O/c1-2-3-4-5-6-9-13(16-15)12-14-10-7-8-11-17-14/h2,13-14,16H,1,3-12,15H2. The smallest absolute Gasteiger partial charge is 0.0590 e. The van der Waals surface area contributed by atoms with Crippen molar-refractivity contribution in [1.82, 2.24) is 5.43 Å². The minimum Gasteiger partial charge on any atom is -0.378 e. The van der Waals surface area contributed by atoms with Gasteiger partial charge in [-0.15, -0.1) is 6.58 Å². The molecule has 1 heterocycles. The lowest BCUT2D eigenvalue weighted by Gasteiger charge is -2.26. The summed E-state index contributed by atoms with van der Waals surface area (Å²) in [5.74, 6) is 5.61. The van der Waals surface area contributed by atoms with Gasteiger partial charge < -0.3 is 4.74 Å². The van der Waals surface area contributed by atoms with Gasteiger partial charge in [0.15, 0.2) is 0 Å². The van der Waals surface area contributed by atoms with Gasteiger partial charge in [0.2, 0.25) is 0 Å². The average Bonchev–Trinajstić information content (AvgIpc) is 2.38. The molecule has 0 amide bonds. The summed E-state index contributed by atoms with van der Waals surface area (Å²) in [5.41, 5.74) is 2.94. The quantitative estimate of drug-likeness (QED) is 0.282. The van der Waals surface area contributed by atoms with Crippen LogP contribution in [0.25, 0.3) is 0 Å². The molecule has 17 heavy (non-hydrogen) atoms. The van der Waals surface area contributed by atoms with E-state index in [0.717, 1.165) is 25.9 Å². The molecule has 2 atom stereocenters. The van der Waals surface area contributed by atoms with Crippen LogP contribution in [0.5, 0.6) is 0 Å². The molecule has 100 valence electrons. The molecule has 1 aliphatic rings. The SMILES string of the molecule is C=CCCCCCC(CC1CCCCO1)NN. The molecular weight excluding hydrogens is 212 g/mol. The van der Waals surface area contributed by atoms with Crippen LogP contribution in [0.3, 0.4) is 0 Å². The van der Waals surface area contributed by atoms with E-state index in [9.17, 15) is 0 Å².